The Kier molecular flexibility index (Phi) is 5.61. The van der Waals surface area contributed by atoms with Crippen molar-refractivity contribution >= 4 is 23.4 Å². The predicted octanol–water partition coefficient (Wildman–Crippen LogP) is 4.56. The lowest BCUT2D eigenvalue weighted by Crippen LogP contribution is -2.19. The summed E-state index contributed by atoms with van der Waals surface area (Å²) in [6.07, 6.45) is 3.57. The van der Waals surface area contributed by atoms with E-state index in [4.69, 9.17) is 5.73 Å². The summed E-state index contributed by atoms with van der Waals surface area (Å²) in [5.41, 5.74) is 11.4. The molecule has 0 atom stereocenters. The molecule has 0 radical (unpaired) electrons. The number of nitrogen functional groups attached to an aromatic ring is 1. The number of carbonyl (C=O) groups excluding carboxylic acids is 1. The van der Waals surface area contributed by atoms with Crippen molar-refractivity contribution < 1.29 is 4.79 Å². The Morgan fingerprint density at radius 1 is 1.06 bits per heavy atom. The molecule has 0 bridgehead atoms. The van der Waals surface area contributed by atoms with Gasteiger partial charge < -0.3 is 16.4 Å². The van der Waals surface area contributed by atoms with Gasteiger partial charge in [0, 0.05) is 35.9 Å². The van der Waals surface area contributed by atoms with Gasteiger partial charge in [0.05, 0.1) is 5.69 Å². The molecule has 31 heavy (non-hydrogen) atoms. The van der Waals surface area contributed by atoms with Gasteiger partial charge in [-0.3, -0.25) is 4.68 Å². The molecule has 4 rings (SSSR count). The first-order chi connectivity index (χ1) is 15.0. The van der Waals surface area contributed by atoms with Crippen LogP contribution in [-0.2, 0) is 6.54 Å². The van der Waals surface area contributed by atoms with Crippen molar-refractivity contribution in [3.63, 3.8) is 0 Å². The highest BCUT2D eigenvalue weighted by atomic mass is 16.2. The van der Waals surface area contributed by atoms with Crippen molar-refractivity contribution in [2.24, 2.45) is 0 Å². The highest BCUT2D eigenvalue weighted by Gasteiger charge is 2.15. The quantitative estimate of drug-likeness (QED) is 0.444. The van der Waals surface area contributed by atoms with Crippen LogP contribution in [0, 0.1) is 6.92 Å². The number of urea groups is 1. The second-order valence-electron chi connectivity index (χ2n) is 7.07. The third-order valence-corrected chi connectivity index (χ3v) is 4.74. The molecule has 2 amide bonds. The van der Waals surface area contributed by atoms with E-state index in [0.717, 1.165) is 22.4 Å². The number of amides is 2. The average Bonchev–Trinajstić information content (AvgIpc) is 3.20. The second-order valence-corrected chi connectivity index (χ2v) is 7.07. The number of nitrogens with one attached hydrogen (secondary N) is 2. The first kappa shape index (κ1) is 20.1. The van der Waals surface area contributed by atoms with Crippen molar-refractivity contribution in [1.29, 1.82) is 0 Å². The van der Waals surface area contributed by atoms with Gasteiger partial charge in [0.2, 0.25) is 5.95 Å². The number of nitrogens with two attached hydrogens (primary N) is 1. The van der Waals surface area contributed by atoms with Crippen LogP contribution in [-0.4, -0.2) is 25.8 Å². The maximum atomic E-state index is 12.4. The molecule has 0 saturated carbocycles. The highest BCUT2D eigenvalue weighted by molar-refractivity contribution is 6.00. The molecule has 2 heterocycles. The summed E-state index contributed by atoms with van der Waals surface area (Å²) < 4.78 is 1.84. The van der Waals surface area contributed by atoms with Crippen LogP contribution in [0.1, 0.15) is 12.5 Å². The largest absolute Gasteiger partial charge is 0.368 e. The number of aryl methyl sites for hydroxylation is 2. The number of anilines is 3. The van der Waals surface area contributed by atoms with Gasteiger partial charge in [-0.2, -0.15) is 5.10 Å². The first-order valence-corrected chi connectivity index (χ1v) is 9.93. The monoisotopic (exact) mass is 413 g/mol. The number of benzene rings is 2. The topological polar surface area (TPSA) is 111 Å². The smallest absolute Gasteiger partial charge is 0.323 e. The molecule has 4 N–H and O–H groups in total. The van der Waals surface area contributed by atoms with Crippen molar-refractivity contribution in [2.45, 2.75) is 20.4 Å². The summed E-state index contributed by atoms with van der Waals surface area (Å²) in [7, 11) is 0. The molecule has 0 spiro atoms. The molecule has 4 aromatic rings. The molecular weight excluding hydrogens is 390 g/mol. The van der Waals surface area contributed by atoms with E-state index in [1.165, 1.54) is 0 Å². The molecule has 0 fully saturated rings. The number of hydrogen-bond acceptors (Lipinski definition) is 5. The number of aromatic nitrogens is 4. The molecule has 8 heteroatoms. The fraction of sp³-hybridized carbons (Fsp3) is 0.130. The van der Waals surface area contributed by atoms with Crippen LogP contribution in [0.15, 0.2) is 67.0 Å². The number of hydrogen-bond donors (Lipinski definition) is 3. The Labute approximate surface area is 180 Å². The summed E-state index contributed by atoms with van der Waals surface area (Å²) >= 11 is 0. The van der Waals surface area contributed by atoms with Crippen LogP contribution < -0.4 is 16.4 Å². The summed E-state index contributed by atoms with van der Waals surface area (Å²) in [6.45, 7) is 4.73. The lowest BCUT2D eigenvalue weighted by molar-refractivity contribution is 0.262. The van der Waals surface area contributed by atoms with Crippen molar-refractivity contribution in [3.05, 3.63) is 72.6 Å². The summed E-state index contributed by atoms with van der Waals surface area (Å²) in [4.78, 5) is 20.7. The molecule has 0 saturated heterocycles. The zero-order valence-corrected chi connectivity index (χ0v) is 17.3. The summed E-state index contributed by atoms with van der Waals surface area (Å²) in [6, 6.07) is 16.7. The molecule has 156 valence electrons. The minimum Gasteiger partial charge on any atom is -0.368 e. The zero-order chi connectivity index (χ0) is 21.8. The van der Waals surface area contributed by atoms with E-state index in [-0.39, 0.29) is 12.0 Å². The lowest BCUT2D eigenvalue weighted by Gasteiger charge is -2.09. The maximum Gasteiger partial charge on any atom is 0.323 e. The van der Waals surface area contributed by atoms with E-state index < -0.39 is 0 Å². The maximum absolute atomic E-state index is 12.4. The average molecular weight is 413 g/mol. The molecule has 0 aliphatic carbocycles. The minimum absolute atomic E-state index is 0.192. The van der Waals surface area contributed by atoms with Crippen molar-refractivity contribution in [2.75, 3.05) is 16.4 Å². The molecule has 8 nitrogen and oxygen atoms in total. The molecule has 0 unspecified atom stereocenters. The van der Waals surface area contributed by atoms with Gasteiger partial charge in [-0.25, -0.2) is 14.8 Å². The van der Waals surface area contributed by atoms with Crippen LogP contribution in [0.4, 0.5) is 22.1 Å². The van der Waals surface area contributed by atoms with Crippen LogP contribution >= 0.6 is 0 Å². The van der Waals surface area contributed by atoms with E-state index >= 15 is 0 Å². The Hall–Kier alpha value is -4.20. The van der Waals surface area contributed by atoms with Gasteiger partial charge in [0.1, 0.15) is 5.69 Å². The first-order valence-electron chi connectivity index (χ1n) is 9.93. The Balaban J connectivity index is 1.60. The van der Waals surface area contributed by atoms with Gasteiger partial charge in [-0.1, -0.05) is 29.8 Å². The summed E-state index contributed by atoms with van der Waals surface area (Å²) in [5, 5.41) is 10.4. The normalized spacial score (nSPS) is 10.6. The third-order valence-electron chi connectivity index (χ3n) is 4.74. The van der Waals surface area contributed by atoms with Crippen LogP contribution in [0.3, 0.4) is 0 Å². The van der Waals surface area contributed by atoms with Crippen molar-refractivity contribution in [1.82, 2.24) is 19.7 Å². The minimum atomic E-state index is -0.311. The fourth-order valence-electron chi connectivity index (χ4n) is 3.18. The van der Waals surface area contributed by atoms with Crippen LogP contribution in [0.2, 0.25) is 0 Å². The summed E-state index contributed by atoms with van der Waals surface area (Å²) in [5.74, 6) is 0.192. The van der Waals surface area contributed by atoms with Gasteiger partial charge >= 0.3 is 6.03 Å². The Bertz CT molecular complexity index is 1210. The standard InChI is InChI=1S/C23H23N7O/c1-3-30-14-19(21(29-30)20-11-12-25-22(24)28-20)16-5-4-6-18(13-16)27-23(31)26-17-9-7-15(2)8-10-17/h4-14H,3H2,1-2H3,(H2,24,25,28)(H2,26,27,31). The van der Waals surface area contributed by atoms with Crippen molar-refractivity contribution in [3.8, 4) is 22.5 Å². The van der Waals surface area contributed by atoms with E-state index in [2.05, 4.69) is 25.7 Å². The number of rotatable bonds is 5. The van der Waals surface area contributed by atoms with Gasteiger partial charge in [-0.15, -0.1) is 0 Å². The van der Waals surface area contributed by atoms with E-state index in [0.29, 0.717) is 23.6 Å². The van der Waals surface area contributed by atoms with Gasteiger partial charge in [-0.05, 0) is 49.7 Å². The van der Waals surface area contributed by atoms with E-state index in [1.807, 2.05) is 73.3 Å². The highest BCUT2D eigenvalue weighted by Crippen LogP contribution is 2.31. The third kappa shape index (κ3) is 4.69. The second kappa shape index (κ2) is 8.66. The molecule has 2 aromatic heterocycles. The van der Waals surface area contributed by atoms with E-state index in [9.17, 15) is 4.79 Å². The number of nitrogens with zero attached hydrogens (tertiary/aromatic N) is 4. The molecule has 2 aromatic carbocycles. The van der Waals surface area contributed by atoms with Gasteiger partial charge in [0.15, 0.2) is 0 Å². The zero-order valence-electron chi connectivity index (χ0n) is 17.3. The molecular formula is C23H23N7O. The van der Waals surface area contributed by atoms with Gasteiger partial charge in [0.25, 0.3) is 0 Å². The van der Waals surface area contributed by atoms with Crippen LogP contribution in [0.25, 0.3) is 22.5 Å². The SMILES string of the molecule is CCn1cc(-c2cccc(NC(=O)Nc3ccc(C)cc3)c2)c(-c2ccnc(N)n2)n1. The van der Waals surface area contributed by atoms with Crippen LogP contribution in [0.5, 0.6) is 0 Å². The Morgan fingerprint density at radius 3 is 2.58 bits per heavy atom. The molecule has 0 aliphatic heterocycles. The fourth-order valence-corrected chi connectivity index (χ4v) is 3.18. The van der Waals surface area contributed by atoms with E-state index in [1.54, 1.807) is 12.3 Å². The lowest BCUT2D eigenvalue weighted by atomic mass is 10.0. The number of carbonyl (C=O) groups is 1. The Morgan fingerprint density at radius 2 is 1.84 bits per heavy atom. The predicted molar refractivity (Wildman–Crippen MR) is 123 cm³/mol. The molecule has 0 aliphatic rings.